The minimum Gasteiger partial charge on any atom is -0.329 e. The van der Waals surface area contributed by atoms with Crippen molar-refractivity contribution in [3.05, 3.63) is 17.5 Å². The zero-order valence-corrected chi connectivity index (χ0v) is 14.2. The number of nitrogens with zero attached hydrogens (tertiary/aromatic N) is 3. The second-order valence-corrected chi connectivity index (χ2v) is 6.56. The molecule has 0 bridgehead atoms. The third-order valence-corrected chi connectivity index (χ3v) is 5.32. The summed E-state index contributed by atoms with van der Waals surface area (Å²) in [6.45, 7) is 5.16. The maximum Gasteiger partial charge on any atom is 0.0670 e. The summed E-state index contributed by atoms with van der Waals surface area (Å²) >= 11 is 0. The molecule has 1 atom stereocenters. The van der Waals surface area contributed by atoms with Crippen LogP contribution in [0.25, 0.3) is 0 Å². The van der Waals surface area contributed by atoms with Crippen molar-refractivity contribution in [1.29, 1.82) is 0 Å². The highest BCUT2D eigenvalue weighted by Crippen LogP contribution is 2.33. The predicted molar refractivity (Wildman–Crippen MR) is 88.2 cm³/mol. The number of likely N-dealkylation sites (N-methyl/N-ethyl adjacent to an activating group) is 1. The van der Waals surface area contributed by atoms with Crippen molar-refractivity contribution in [3.63, 3.8) is 0 Å². The largest absolute Gasteiger partial charge is 0.329 e. The Bertz CT molecular complexity index is 432. The summed E-state index contributed by atoms with van der Waals surface area (Å²) < 4.78 is 1.93. The molecule has 120 valence electrons. The van der Waals surface area contributed by atoms with Crippen molar-refractivity contribution in [2.75, 3.05) is 13.6 Å². The molecule has 21 heavy (non-hydrogen) atoms. The average Bonchev–Trinajstić information content (AvgIpc) is 2.89. The van der Waals surface area contributed by atoms with E-state index < -0.39 is 0 Å². The van der Waals surface area contributed by atoms with E-state index in [0.717, 1.165) is 12.3 Å². The van der Waals surface area contributed by atoms with Gasteiger partial charge in [-0.15, -0.1) is 0 Å². The molecule has 1 unspecified atom stereocenters. The molecule has 1 aromatic heterocycles. The lowest BCUT2D eigenvalue weighted by Gasteiger charge is -2.38. The fraction of sp³-hybridized carbons (Fsp3) is 0.824. The van der Waals surface area contributed by atoms with Crippen LogP contribution in [-0.2, 0) is 13.5 Å². The van der Waals surface area contributed by atoms with E-state index in [4.69, 9.17) is 5.73 Å². The van der Waals surface area contributed by atoms with Gasteiger partial charge < -0.3 is 5.73 Å². The van der Waals surface area contributed by atoms with Crippen LogP contribution in [0, 0.1) is 5.92 Å². The molecule has 1 saturated carbocycles. The van der Waals surface area contributed by atoms with Gasteiger partial charge in [0, 0.05) is 31.4 Å². The molecule has 2 rings (SSSR count). The summed E-state index contributed by atoms with van der Waals surface area (Å²) in [4.78, 5) is 2.52. The van der Waals surface area contributed by atoms with Gasteiger partial charge in [-0.25, -0.2) is 0 Å². The molecule has 0 radical (unpaired) electrons. The zero-order valence-electron chi connectivity index (χ0n) is 14.2. The monoisotopic (exact) mass is 292 g/mol. The lowest BCUT2D eigenvalue weighted by Crippen LogP contribution is -2.40. The number of aromatic nitrogens is 2. The maximum absolute atomic E-state index is 6.12. The summed E-state index contributed by atoms with van der Waals surface area (Å²) in [7, 11) is 4.25. The zero-order chi connectivity index (χ0) is 15.4. The highest BCUT2D eigenvalue weighted by molar-refractivity contribution is 5.22. The van der Waals surface area contributed by atoms with Crippen LogP contribution < -0.4 is 5.73 Å². The van der Waals surface area contributed by atoms with Crippen LogP contribution in [0.2, 0.25) is 0 Å². The Kier molecular flexibility index (Phi) is 5.82. The molecule has 2 N–H and O–H groups in total. The Morgan fingerprint density at radius 1 is 1.33 bits per heavy atom. The average molecular weight is 292 g/mol. The van der Waals surface area contributed by atoms with E-state index in [1.807, 2.05) is 11.7 Å². The molecular weight excluding hydrogens is 260 g/mol. The maximum atomic E-state index is 6.12. The molecule has 1 aliphatic rings. The fourth-order valence-electron chi connectivity index (χ4n) is 3.83. The third kappa shape index (κ3) is 3.67. The van der Waals surface area contributed by atoms with Gasteiger partial charge in [-0.3, -0.25) is 9.58 Å². The number of hydrogen-bond acceptors (Lipinski definition) is 3. The van der Waals surface area contributed by atoms with Crippen LogP contribution in [0.3, 0.4) is 0 Å². The highest BCUT2D eigenvalue weighted by atomic mass is 15.3. The Morgan fingerprint density at radius 2 is 2.00 bits per heavy atom. The normalized spacial score (nSPS) is 24.5. The second kappa shape index (κ2) is 7.41. The van der Waals surface area contributed by atoms with Gasteiger partial charge in [0.25, 0.3) is 0 Å². The van der Waals surface area contributed by atoms with E-state index in [0.29, 0.717) is 18.6 Å². The van der Waals surface area contributed by atoms with Gasteiger partial charge in [-0.1, -0.05) is 20.3 Å². The quantitative estimate of drug-likeness (QED) is 0.877. The van der Waals surface area contributed by atoms with E-state index in [2.05, 4.69) is 37.1 Å². The smallest absolute Gasteiger partial charge is 0.0670 e. The number of hydrogen-bond donors (Lipinski definition) is 1. The van der Waals surface area contributed by atoms with Crippen LogP contribution in [0.1, 0.15) is 63.3 Å². The highest BCUT2D eigenvalue weighted by Gasteiger charge is 2.29. The number of aryl methyl sites for hydroxylation is 2. The molecule has 0 aromatic carbocycles. The van der Waals surface area contributed by atoms with E-state index in [1.54, 1.807) is 0 Å². The number of rotatable bonds is 6. The molecule has 1 aromatic rings. The van der Waals surface area contributed by atoms with Gasteiger partial charge in [-0.05, 0) is 45.1 Å². The minimum absolute atomic E-state index is 0.303. The van der Waals surface area contributed by atoms with Gasteiger partial charge in [0.15, 0.2) is 0 Å². The molecule has 4 nitrogen and oxygen atoms in total. The summed E-state index contributed by atoms with van der Waals surface area (Å²) in [6.07, 6.45) is 9.83. The van der Waals surface area contributed by atoms with E-state index in [9.17, 15) is 0 Å². The molecule has 0 amide bonds. The predicted octanol–water partition coefficient (Wildman–Crippen LogP) is 2.88. The van der Waals surface area contributed by atoms with E-state index in [-0.39, 0.29) is 0 Å². The van der Waals surface area contributed by atoms with Gasteiger partial charge in [-0.2, -0.15) is 5.10 Å². The van der Waals surface area contributed by atoms with E-state index >= 15 is 0 Å². The van der Waals surface area contributed by atoms with Gasteiger partial charge in [0.1, 0.15) is 0 Å². The summed E-state index contributed by atoms with van der Waals surface area (Å²) in [5, 5.41) is 4.59. The topological polar surface area (TPSA) is 47.1 Å². The van der Waals surface area contributed by atoms with Crippen LogP contribution in [0.15, 0.2) is 6.20 Å². The van der Waals surface area contributed by atoms with Gasteiger partial charge in [0.05, 0.1) is 11.7 Å². The lowest BCUT2D eigenvalue weighted by molar-refractivity contribution is 0.121. The van der Waals surface area contributed by atoms with Crippen LogP contribution in [-0.4, -0.2) is 34.3 Å². The Labute approximate surface area is 129 Å². The van der Waals surface area contributed by atoms with Crippen molar-refractivity contribution in [2.24, 2.45) is 18.7 Å². The Hall–Kier alpha value is -0.870. The lowest BCUT2D eigenvalue weighted by atomic mass is 9.83. The first-order valence-corrected chi connectivity index (χ1v) is 8.55. The molecule has 4 heteroatoms. The van der Waals surface area contributed by atoms with Gasteiger partial charge in [0.2, 0.25) is 0 Å². The van der Waals surface area contributed by atoms with E-state index in [1.165, 1.54) is 43.4 Å². The van der Waals surface area contributed by atoms with Crippen LogP contribution >= 0.6 is 0 Å². The third-order valence-electron chi connectivity index (χ3n) is 5.32. The van der Waals surface area contributed by atoms with Crippen LogP contribution in [0.4, 0.5) is 0 Å². The standard InChI is InChI=1S/C17H32N4/c1-5-13-7-9-14(10-8-13)21(4)17(11-18)15-12-20(3)19-16(15)6-2/h12-14,17H,5-11,18H2,1-4H3. The van der Waals surface area contributed by atoms with Crippen molar-refractivity contribution in [3.8, 4) is 0 Å². The Balaban J connectivity index is 2.09. The molecule has 1 aliphatic carbocycles. The molecule has 1 fully saturated rings. The van der Waals surface area contributed by atoms with Crippen LogP contribution in [0.5, 0.6) is 0 Å². The second-order valence-electron chi connectivity index (χ2n) is 6.56. The molecule has 0 spiro atoms. The number of nitrogens with two attached hydrogens (primary N) is 1. The molecule has 0 saturated heterocycles. The summed E-state index contributed by atoms with van der Waals surface area (Å²) in [5.41, 5.74) is 8.64. The van der Waals surface area contributed by atoms with Crippen molar-refractivity contribution in [2.45, 2.75) is 64.5 Å². The minimum atomic E-state index is 0.303. The van der Waals surface area contributed by atoms with Gasteiger partial charge >= 0.3 is 0 Å². The molecule has 0 aliphatic heterocycles. The molecular formula is C17H32N4. The van der Waals surface area contributed by atoms with Crippen molar-refractivity contribution < 1.29 is 0 Å². The first-order chi connectivity index (χ1) is 10.1. The summed E-state index contributed by atoms with van der Waals surface area (Å²) in [5.74, 6) is 0.940. The first kappa shape index (κ1) is 16.5. The SMILES string of the molecule is CCc1nn(C)cc1C(CN)N(C)C1CCC(CC)CC1. The Morgan fingerprint density at radius 3 is 2.52 bits per heavy atom. The van der Waals surface area contributed by atoms with Crippen molar-refractivity contribution >= 4 is 0 Å². The molecule has 1 heterocycles. The first-order valence-electron chi connectivity index (χ1n) is 8.55. The van der Waals surface area contributed by atoms with Crippen molar-refractivity contribution in [1.82, 2.24) is 14.7 Å². The summed E-state index contributed by atoms with van der Waals surface area (Å²) in [6, 6.07) is 0.975. The fourth-order valence-corrected chi connectivity index (χ4v) is 3.83.